The molecule has 76 valence electrons. The van der Waals surface area contributed by atoms with Gasteiger partial charge in [-0.1, -0.05) is 25.6 Å². The lowest BCUT2D eigenvalue weighted by Gasteiger charge is -2.08. The van der Waals surface area contributed by atoms with Gasteiger partial charge in [0.15, 0.2) is 5.12 Å². The largest absolute Gasteiger partial charge is 0.465 e. The van der Waals surface area contributed by atoms with Crippen molar-refractivity contribution in [2.75, 3.05) is 12.4 Å². The lowest BCUT2D eigenvalue weighted by molar-refractivity contribution is -0.147. The van der Waals surface area contributed by atoms with Crippen molar-refractivity contribution < 1.29 is 14.3 Å². The van der Waals surface area contributed by atoms with Crippen LogP contribution >= 0.6 is 11.8 Å². The second kappa shape index (κ2) is 6.95. The van der Waals surface area contributed by atoms with E-state index in [1.165, 1.54) is 6.92 Å². The molecule has 4 heteroatoms. The maximum absolute atomic E-state index is 11.2. The smallest absolute Gasteiger partial charge is 0.309 e. The Morgan fingerprint density at radius 1 is 1.46 bits per heavy atom. The summed E-state index contributed by atoms with van der Waals surface area (Å²) in [6.45, 7) is 5.68. The minimum atomic E-state index is -0.212. The molecule has 0 radical (unpaired) electrons. The zero-order chi connectivity index (χ0) is 10.3. The Morgan fingerprint density at radius 3 is 2.54 bits per heavy atom. The van der Waals surface area contributed by atoms with E-state index in [1.54, 1.807) is 6.92 Å². The third kappa shape index (κ3) is 6.63. The Hall–Kier alpha value is -0.510. The van der Waals surface area contributed by atoms with Crippen molar-refractivity contribution in [3.8, 4) is 0 Å². The summed E-state index contributed by atoms with van der Waals surface area (Å²) >= 11 is 1.16. The van der Waals surface area contributed by atoms with Gasteiger partial charge in [-0.05, 0) is 6.42 Å². The van der Waals surface area contributed by atoms with E-state index in [-0.39, 0.29) is 17.0 Å². The summed E-state index contributed by atoms with van der Waals surface area (Å²) in [5.41, 5.74) is 0. The molecule has 0 aromatic rings. The van der Waals surface area contributed by atoms with Crippen LogP contribution in [-0.4, -0.2) is 23.4 Å². The number of carbonyl (C=O) groups is 2. The first-order chi connectivity index (χ1) is 6.07. The van der Waals surface area contributed by atoms with E-state index < -0.39 is 0 Å². The molecule has 0 fully saturated rings. The van der Waals surface area contributed by atoms with Crippen molar-refractivity contribution in [2.24, 2.45) is 5.92 Å². The van der Waals surface area contributed by atoms with Gasteiger partial charge in [-0.2, -0.15) is 0 Å². The van der Waals surface area contributed by atoms with Gasteiger partial charge in [-0.25, -0.2) is 0 Å². The van der Waals surface area contributed by atoms with Gasteiger partial charge in [0, 0.05) is 12.7 Å². The molecule has 0 saturated heterocycles. The van der Waals surface area contributed by atoms with E-state index in [1.807, 2.05) is 6.92 Å². The third-order valence-corrected chi connectivity index (χ3v) is 2.46. The predicted molar refractivity (Wildman–Crippen MR) is 53.6 cm³/mol. The summed E-state index contributed by atoms with van der Waals surface area (Å²) in [7, 11) is 0. The highest BCUT2D eigenvalue weighted by molar-refractivity contribution is 8.13. The van der Waals surface area contributed by atoms with Crippen molar-refractivity contribution in [3.05, 3.63) is 0 Å². The molecule has 0 aromatic heterocycles. The summed E-state index contributed by atoms with van der Waals surface area (Å²) in [4.78, 5) is 21.8. The van der Waals surface area contributed by atoms with Gasteiger partial charge in [0.25, 0.3) is 0 Å². The first-order valence-electron chi connectivity index (χ1n) is 4.38. The molecule has 1 atom stereocenters. The van der Waals surface area contributed by atoms with E-state index in [9.17, 15) is 9.59 Å². The molecule has 13 heavy (non-hydrogen) atoms. The number of rotatable bonds is 5. The number of esters is 1. The van der Waals surface area contributed by atoms with Crippen LogP contribution in [0.5, 0.6) is 0 Å². The molecular formula is C9H16O3S. The average molecular weight is 204 g/mol. The van der Waals surface area contributed by atoms with Crippen LogP contribution in [0.3, 0.4) is 0 Å². The van der Waals surface area contributed by atoms with Gasteiger partial charge >= 0.3 is 5.97 Å². The molecule has 0 amide bonds. The number of hydrogen-bond acceptors (Lipinski definition) is 4. The highest BCUT2D eigenvalue weighted by atomic mass is 32.2. The molecule has 0 spiro atoms. The fourth-order valence-corrected chi connectivity index (χ4v) is 1.28. The molecule has 0 N–H and O–H groups in total. The van der Waals surface area contributed by atoms with Crippen molar-refractivity contribution in [2.45, 2.75) is 27.2 Å². The molecule has 0 aromatic carbocycles. The van der Waals surface area contributed by atoms with Crippen molar-refractivity contribution in [3.63, 3.8) is 0 Å². The molecule has 0 aliphatic heterocycles. The number of ether oxygens (including phenoxy) is 1. The average Bonchev–Trinajstić information content (AvgIpc) is 2.10. The van der Waals surface area contributed by atoms with Gasteiger partial charge in [0.1, 0.15) is 0 Å². The molecule has 0 bridgehead atoms. The highest BCUT2D eigenvalue weighted by Gasteiger charge is 2.14. The van der Waals surface area contributed by atoms with Crippen LogP contribution < -0.4 is 0 Å². The lowest BCUT2D eigenvalue weighted by Crippen LogP contribution is -2.17. The first kappa shape index (κ1) is 12.5. The molecule has 0 heterocycles. The van der Waals surface area contributed by atoms with Crippen LogP contribution in [0, 0.1) is 5.92 Å². The fraction of sp³-hybridized carbons (Fsp3) is 0.778. The molecule has 0 aliphatic carbocycles. The van der Waals surface area contributed by atoms with Crippen LogP contribution in [0.25, 0.3) is 0 Å². The molecule has 3 nitrogen and oxygen atoms in total. The van der Waals surface area contributed by atoms with Crippen molar-refractivity contribution in [1.29, 1.82) is 0 Å². The summed E-state index contributed by atoms with van der Waals surface area (Å²) in [5.74, 6) is 0.105. The monoisotopic (exact) mass is 204 g/mol. The SMILES string of the molecule is CCCOC(=O)C(C)CSC(C)=O. The Morgan fingerprint density at radius 2 is 2.08 bits per heavy atom. The van der Waals surface area contributed by atoms with E-state index >= 15 is 0 Å². The lowest BCUT2D eigenvalue weighted by atomic mass is 10.2. The normalized spacial score (nSPS) is 12.2. The van der Waals surface area contributed by atoms with E-state index in [0.717, 1.165) is 18.2 Å². The van der Waals surface area contributed by atoms with Gasteiger partial charge < -0.3 is 4.74 Å². The maximum Gasteiger partial charge on any atom is 0.309 e. The topological polar surface area (TPSA) is 43.4 Å². The third-order valence-electron chi connectivity index (χ3n) is 1.39. The highest BCUT2D eigenvalue weighted by Crippen LogP contribution is 2.10. The van der Waals surface area contributed by atoms with E-state index in [0.29, 0.717) is 12.4 Å². The predicted octanol–water partition coefficient (Wildman–Crippen LogP) is 1.86. The standard InChI is InChI=1S/C9H16O3S/c1-4-5-12-9(11)7(2)6-13-8(3)10/h7H,4-6H2,1-3H3. The molecular weight excluding hydrogens is 188 g/mol. The Kier molecular flexibility index (Phi) is 6.68. The molecule has 0 rings (SSSR count). The maximum atomic E-state index is 11.2. The summed E-state index contributed by atoms with van der Waals surface area (Å²) in [6.07, 6.45) is 0.832. The van der Waals surface area contributed by atoms with Gasteiger partial charge in [-0.15, -0.1) is 0 Å². The van der Waals surface area contributed by atoms with Gasteiger partial charge in [0.2, 0.25) is 0 Å². The second-order valence-corrected chi connectivity index (χ2v) is 4.07. The summed E-state index contributed by atoms with van der Waals surface area (Å²) in [5, 5.41) is 0.0372. The Balaban J connectivity index is 3.62. The molecule has 1 unspecified atom stereocenters. The zero-order valence-corrected chi connectivity index (χ0v) is 9.15. The zero-order valence-electron chi connectivity index (χ0n) is 8.33. The number of thioether (sulfide) groups is 1. The summed E-state index contributed by atoms with van der Waals surface area (Å²) in [6, 6.07) is 0. The fourth-order valence-electron chi connectivity index (χ4n) is 0.655. The molecule has 0 saturated carbocycles. The van der Waals surface area contributed by atoms with Crippen LogP contribution in [0.2, 0.25) is 0 Å². The van der Waals surface area contributed by atoms with Crippen LogP contribution in [0.15, 0.2) is 0 Å². The van der Waals surface area contributed by atoms with E-state index in [2.05, 4.69) is 0 Å². The van der Waals surface area contributed by atoms with Crippen LogP contribution in [0.4, 0.5) is 0 Å². The summed E-state index contributed by atoms with van der Waals surface area (Å²) < 4.78 is 4.92. The minimum absolute atomic E-state index is 0.0372. The van der Waals surface area contributed by atoms with Crippen LogP contribution in [-0.2, 0) is 14.3 Å². The first-order valence-corrected chi connectivity index (χ1v) is 5.36. The Labute approximate surface area is 83.2 Å². The quantitative estimate of drug-likeness (QED) is 0.641. The van der Waals surface area contributed by atoms with E-state index in [4.69, 9.17) is 4.74 Å². The minimum Gasteiger partial charge on any atom is -0.465 e. The van der Waals surface area contributed by atoms with Crippen molar-refractivity contribution >= 4 is 22.8 Å². The van der Waals surface area contributed by atoms with Gasteiger partial charge in [0.05, 0.1) is 12.5 Å². The number of carbonyl (C=O) groups excluding carboxylic acids is 2. The number of hydrogen-bond donors (Lipinski definition) is 0. The van der Waals surface area contributed by atoms with Crippen molar-refractivity contribution in [1.82, 2.24) is 0 Å². The molecule has 0 aliphatic rings. The Bertz CT molecular complexity index is 180. The second-order valence-electron chi connectivity index (χ2n) is 2.87. The van der Waals surface area contributed by atoms with Gasteiger partial charge in [-0.3, -0.25) is 9.59 Å². The van der Waals surface area contributed by atoms with Crippen LogP contribution in [0.1, 0.15) is 27.2 Å².